The lowest BCUT2D eigenvalue weighted by Crippen LogP contribution is -3.05. The van der Waals surface area contributed by atoms with Gasteiger partial charge in [0.1, 0.15) is 11.5 Å². The Labute approximate surface area is 105 Å². The van der Waals surface area contributed by atoms with Crippen molar-refractivity contribution in [2.45, 2.75) is 6.42 Å². The SMILES string of the molecule is C[NH+](C)CCCNc1ccc(Cl)c(C(=O)[O-])n1. The summed E-state index contributed by atoms with van der Waals surface area (Å²) in [5.74, 6) is -0.862. The van der Waals surface area contributed by atoms with Crippen molar-refractivity contribution in [3.05, 3.63) is 22.8 Å². The molecule has 17 heavy (non-hydrogen) atoms. The van der Waals surface area contributed by atoms with E-state index in [1.807, 2.05) is 0 Å². The normalized spacial score (nSPS) is 10.6. The van der Waals surface area contributed by atoms with Crippen LogP contribution >= 0.6 is 11.6 Å². The first kappa shape index (κ1) is 13.7. The Hall–Kier alpha value is -1.33. The largest absolute Gasteiger partial charge is 0.543 e. The minimum absolute atomic E-state index is 0.0910. The van der Waals surface area contributed by atoms with Crippen LogP contribution in [0.1, 0.15) is 16.9 Å². The Morgan fingerprint density at radius 3 is 2.82 bits per heavy atom. The maximum absolute atomic E-state index is 10.7. The summed E-state index contributed by atoms with van der Waals surface area (Å²) in [7, 11) is 4.16. The molecule has 0 aliphatic carbocycles. The first-order valence-electron chi connectivity index (χ1n) is 5.41. The average Bonchev–Trinajstić information content (AvgIpc) is 2.25. The number of carbonyl (C=O) groups excluding carboxylic acids is 1. The minimum Gasteiger partial charge on any atom is -0.543 e. The molecule has 0 bridgehead atoms. The van der Waals surface area contributed by atoms with Crippen molar-refractivity contribution >= 4 is 23.4 Å². The molecule has 0 radical (unpaired) electrons. The van der Waals surface area contributed by atoms with Crippen molar-refractivity contribution in [2.24, 2.45) is 0 Å². The van der Waals surface area contributed by atoms with Gasteiger partial charge >= 0.3 is 0 Å². The number of rotatable bonds is 6. The zero-order valence-corrected chi connectivity index (χ0v) is 10.7. The Bertz CT molecular complexity index is 396. The molecule has 0 saturated carbocycles. The number of anilines is 1. The third-order valence-electron chi connectivity index (χ3n) is 2.20. The Kier molecular flexibility index (Phi) is 5.18. The van der Waals surface area contributed by atoms with E-state index >= 15 is 0 Å². The molecule has 2 N–H and O–H groups in total. The van der Waals surface area contributed by atoms with Crippen LogP contribution in [0.3, 0.4) is 0 Å². The van der Waals surface area contributed by atoms with Crippen molar-refractivity contribution < 1.29 is 14.8 Å². The highest BCUT2D eigenvalue weighted by molar-refractivity contribution is 6.33. The van der Waals surface area contributed by atoms with Crippen LogP contribution in [0.2, 0.25) is 5.02 Å². The summed E-state index contributed by atoms with van der Waals surface area (Å²) < 4.78 is 0. The van der Waals surface area contributed by atoms with Crippen LogP contribution in [0.4, 0.5) is 5.82 Å². The van der Waals surface area contributed by atoms with Gasteiger partial charge < -0.3 is 20.1 Å². The molecule has 1 rings (SSSR count). The predicted molar refractivity (Wildman–Crippen MR) is 64.4 cm³/mol. The summed E-state index contributed by atoms with van der Waals surface area (Å²) in [4.78, 5) is 15.9. The molecular formula is C11H16ClN3O2. The maximum Gasteiger partial charge on any atom is 0.126 e. The average molecular weight is 258 g/mol. The van der Waals surface area contributed by atoms with Gasteiger partial charge in [0.25, 0.3) is 0 Å². The topological polar surface area (TPSA) is 69.5 Å². The number of hydrogen-bond acceptors (Lipinski definition) is 4. The van der Waals surface area contributed by atoms with Gasteiger partial charge in [-0.15, -0.1) is 0 Å². The molecule has 0 unspecified atom stereocenters. The van der Waals surface area contributed by atoms with E-state index in [9.17, 15) is 9.90 Å². The number of carboxylic acids is 1. The molecule has 1 heterocycles. The molecule has 94 valence electrons. The van der Waals surface area contributed by atoms with Crippen LogP contribution in [0.15, 0.2) is 12.1 Å². The van der Waals surface area contributed by atoms with E-state index < -0.39 is 5.97 Å². The lowest BCUT2D eigenvalue weighted by Gasteiger charge is -2.10. The van der Waals surface area contributed by atoms with E-state index in [4.69, 9.17) is 11.6 Å². The van der Waals surface area contributed by atoms with Crippen LogP contribution in [0.25, 0.3) is 0 Å². The molecule has 0 aromatic carbocycles. The van der Waals surface area contributed by atoms with E-state index in [0.29, 0.717) is 5.82 Å². The quantitative estimate of drug-likeness (QED) is 0.645. The van der Waals surface area contributed by atoms with Crippen molar-refractivity contribution in [3.8, 4) is 0 Å². The number of nitrogens with one attached hydrogen (secondary N) is 2. The number of nitrogens with zero attached hydrogens (tertiary/aromatic N) is 1. The lowest BCUT2D eigenvalue weighted by molar-refractivity contribution is -0.858. The Morgan fingerprint density at radius 1 is 1.53 bits per heavy atom. The molecule has 6 heteroatoms. The summed E-state index contributed by atoms with van der Waals surface area (Å²) >= 11 is 5.68. The molecule has 0 amide bonds. The van der Waals surface area contributed by atoms with E-state index in [1.165, 1.54) is 11.0 Å². The third-order valence-corrected chi connectivity index (χ3v) is 2.50. The van der Waals surface area contributed by atoms with Crippen molar-refractivity contribution in [1.82, 2.24) is 4.98 Å². The highest BCUT2D eigenvalue weighted by Gasteiger charge is 2.04. The predicted octanol–water partition coefficient (Wildman–Crippen LogP) is -0.955. The van der Waals surface area contributed by atoms with Crippen molar-refractivity contribution in [3.63, 3.8) is 0 Å². The fourth-order valence-corrected chi connectivity index (χ4v) is 1.52. The number of carbonyl (C=O) groups is 1. The highest BCUT2D eigenvalue weighted by atomic mass is 35.5. The number of carboxylic acid groups (broad SMARTS) is 1. The van der Waals surface area contributed by atoms with E-state index in [2.05, 4.69) is 24.4 Å². The van der Waals surface area contributed by atoms with Gasteiger partial charge in [0.15, 0.2) is 0 Å². The highest BCUT2D eigenvalue weighted by Crippen LogP contribution is 2.15. The number of halogens is 1. The molecule has 0 atom stereocenters. The molecule has 0 fully saturated rings. The lowest BCUT2D eigenvalue weighted by atomic mass is 10.3. The number of aromatic nitrogens is 1. The number of pyridine rings is 1. The number of hydrogen-bond donors (Lipinski definition) is 2. The van der Waals surface area contributed by atoms with E-state index in [0.717, 1.165) is 19.5 Å². The minimum atomic E-state index is -1.36. The van der Waals surface area contributed by atoms with Gasteiger partial charge in [-0.2, -0.15) is 0 Å². The summed E-state index contributed by atoms with van der Waals surface area (Å²) in [6.07, 6.45) is 0.979. The standard InChI is InChI=1S/C11H16ClN3O2/c1-15(2)7-3-6-13-9-5-4-8(12)10(14-9)11(16)17/h4-5H,3,6-7H2,1-2H3,(H,13,14)(H,16,17). The number of quaternary nitrogens is 1. The van der Waals surface area contributed by atoms with Gasteiger partial charge in [-0.3, -0.25) is 0 Å². The third kappa shape index (κ3) is 4.58. The molecule has 5 nitrogen and oxygen atoms in total. The van der Waals surface area contributed by atoms with E-state index in [1.54, 1.807) is 6.07 Å². The monoisotopic (exact) mass is 257 g/mol. The Morgan fingerprint density at radius 2 is 2.24 bits per heavy atom. The van der Waals surface area contributed by atoms with Crippen LogP contribution in [-0.4, -0.2) is 38.1 Å². The summed E-state index contributed by atoms with van der Waals surface area (Å²) in [6.45, 7) is 1.78. The van der Waals surface area contributed by atoms with Gasteiger partial charge in [0.2, 0.25) is 0 Å². The maximum atomic E-state index is 10.7. The second kappa shape index (κ2) is 6.42. The second-order valence-electron chi connectivity index (χ2n) is 4.05. The Balaban J connectivity index is 2.54. The van der Waals surface area contributed by atoms with E-state index in [-0.39, 0.29) is 10.7 Å². The van der Waals surface area contributed by atoms with Crippen LogP contribution in [-0.2, 0) is 0 Å². The number of aromatic carboxylic acids is 1. The first-order chi connectivity index (χ1) is 8.00. The summed E-state index contributed by atoms with van der Waals surface area (Å²) in [5.41, 5.74) is -0.227. The van der Waals surface area contributed by atoms with Gasteiger partial charge in [0, 0.05) is 13.0 Å². The molecule has 0 aliphatic heterocycles. The molecule has 0 spiro atoms. The first-order valence-corrected chi connectivity index (χ1v) is 5.79. The molecule has 0 aliphatic rings. The molecule has 1 aromatic heterocycles. The fraction of sp³-hybridized carbons (Fsp3) is 0.455. The smallest absolute Gasteiger partial charge is 0.126 e. The zero-order valence-electron chi connectivity index (χ0n) is 9.92. The summed E-state index contributed by atoms with van der Waals surface area (Å²) in [5, 5.41) is 13.8. The van der Waals surface area contributed by atoms with Gasteiger partial charge in [-0.05, 0) is 12.1 Å². The van der Waals surface area contributed by atoms with Gasteiger partial charge in [-0.1, -0.05) is 11.6 Å². The van der Waals surface area contributed by atoms with Crippen LogP contribution in [0.5, 0.6) is 0 Å². The fourth-order valence-electron chi connectivity index (χ4n) is 1.34. The van der Waals surface area contributed by atoms with Gasteiger partial charge in [0.05, 0.1) is 31.6 Å². The summed E-state index contributed by atoms with van der Waals surface area (Å²) in [6, 6.07) is 3.15. The molecule has 0 saturated heterocycles. The van der Waals surface area contributed by atoms with Crippen LogP contribution < -0.4 is 15.3 Å². The second-order valence-corrected chi connectivity index (χ2v) is 4.46. The molecular weight excluding hydrogens is 242 g/mol. The van der Waals surface area contributed by atoms with Crippen LogP contribution in [0, 0.1) is 0 Å². The zero-order chi connectivity index (χ0) is 12.8. The van der Waals surface area contributed by atoms with Gasteiger partial charge in [-0.25, -0.2) is 4.98 Å². The van der Waals surface area contributed by atoms with Crippen molar-refractivity contribution in [1.29, 1.82) is 0 Å². The molecule has 1 aromatic rings. The van der Waals surface area contributed by atoms with Crippen molar-refractivity contribution in [2.75, 3.05) is 32.5 Å².